The molecule has 2 rings (SSSR count). The predicted octanol–water partition coefficient (Wildman–Crippen LogP) is 1.83. The number of carbonyl (C=O) groups excluding carboxylic acids is 1. The molecule has 0 unspecified atom stereocenters. The molecule has 0 aliphatic heterocycles. The van der Waals surface area contributed by atoms with Gasteiger partial charge in [0.15, 0.2) is 0 Å². The molecule has 152 valence electrons. The number of benzene rings is 1. The maximum Gasteiger partial charge on any atom is 0.331 e. The zero-order valence-electron chi connectivity index (χ0n) is 16.2. The summed E-state index contributed by atoms with van der Waals surface area (Å²) in [5, 5.41) is 0.877. The van der Waals surface area contributed by atoms with E-state index in [-0.39, 0.29) is 12.5 Å². The minimum Gasteiger partial charge on any atom is -0.337 e. The summed E-state index contributed by atoms with van der Waals surface area (Å²) >= 11 is 12.1. The number of amides is 1. The van der Waals surface area contributed by atoms with Crippen molar-refractivity contribution in [3.05, 3.63) is 66.9 Å². The predicted molar refractivity (Wildman–Crippen MR) is 111 cm³/mol. The largest absolute Gasteiger partial charge is 0.337 e. The van der Waals surface area contributed by atoms with E-state index in [2.05, 4.69) is 0 Å². The topological polar surface area (TPSA) is 67.5 Å². The average Bonchev–Trinajstić information content (AvgIpc) is 2.64. The Morgan fingerprint density at radius 1 is 1.07 bits per heavy atom. The van der Waals surface area contributed by atoms with Gasteiger partial charge in [-0.1, -0.05) is 29.3 Å². The third-order valence-corrected chi connectivity index (χ3v) is 5.05. The number of nitrogens with zero attached hydrogens (tertiary/aromatic N) is 4. The Hall–Kier alpha value is -2.09. The van der Waals surface area contributed by atoms with Gasteiger partial charge >= 0.3 is 5.69 Å². The Morgan fingerprint density at radius 2 is 1.79 bits per heavy atom. The molecule has 0 saturated carbocycles. The van der Waals surface area contributed by atoms with Gasteiger partial charge in [-0.3, -0.25) is 18.7 Å². The van der Waals surface area contributed by atoms with E-state index in [9.17, 15) is 14.4 Å². The van der Waals surface area contributed by atoms with Crippen molar-refractivity contribution in [2.24, 2.45) is 7.05 Å². The van der Waals surface area contributed by atoms with E-state index < -0.39 is 11.2 Å². The first kappa shape index (κ1) is 22.2. The monoisotopic (exact) mass is 426 g/mol. The molecule has 0 fully saturated rings. The fourth-order valence-corrected chi connectivity index (χ4v) is 3.03. The maximum absolute atomic E-state index is 12.9. The average molecular weight is 427 g/mol. The van der Waals surface area contributed by atoms with Crippen molar-refractivity contribution >= 4 is 29.1 Å². The van der Waals surface area contributed by atoms with Crippen molar-refractivity contribution < 1.29 is 4.79 Å². The quantitative estimate of drug-likeness (QED) is 0.645. The van der Waals surface area contributed by atoms with Crippen LogP contribution in [0.3, 0.4) is 0 Å². The summed E-state index contributed by atoms with van der Waals surface area (Å²) in [5.41, 5.74) is -0.0867. The van der Waals surface area contributed by atoms with Crippen LogP contribution < -0.4 is 11.2 Å². The molecular formula is C19H24Cl2N4O3. The molecule has 0 aliphatic rings. The van der Waals surface area contributed by atoms with Gasteiger partial charge in [0.2, 0.25) is 5.91 Å². The summed E-state index contributed by atoms with van der Waals surface area (Å²) in [6.07, 6.45) is 2.13. The van der Waals surface area contributed by atoms with Crippen LogP contribution in [0.4, 0.5) is 0 Å². The van der Waals surface area contributed by atoms with Gasteiger partial charge in [-0.2, -0.15) is 0 Å². The fourth-order valence-electron chi connectivity index (χ4n) is 2.71. The van der Waals surface area contributed by atoms with Crippen LogP contribution in [0.2, 0.25) is 10.0 Å². The molecule has 2 aromatic rings. The molecule has 0 saturated heterocycles. The summed E-state index contributed by atoms with van der Waals surface area (Å²) in [6, 6.07) is 6.51. The fraction of sp³-hybridized carbons (Fsp3) is 0.421. The van der Waals surface area contributed by atoms with Crippen LogP contribution in [0.1, 0.15) is 12.0 Å². The highest BCUT2D eigenvalue weighted by atomic mass is 35.5. The van der Waals surface area contributed by atoms with E-state index in [1.807, 2.05) is 25.1 Å². The summed E-state index contributed by atoms with van der Waals surface area (Å²) in [4.78, 5) is 40.4. The lowest BCUT2D eigenvalue weighted by Gasteiger charge is -2.24. The summed E-state index contributed by atoms with van der Waals surface area (Å²) in [7, 11) is 5.32. The number of aromatic nitrogens is 2. The molecule has 28 heavy (non-hydrogen) atoms. The number of hydrogen-bond acceptors (Lipinski definition) is 4. The molecule has 1 aromatic heterocycles. The summed E-state index contributed by atoms with van der Waals surface area (Å²) in [5.74, 6) is -0.217. The molecule has 0 atom stereocenters. The van der Waals surface area contributed by atoms with Gasteiger partial charge < -0.3 is 9.80 Å². The Kier molecular flexibility index (Phi) is 7.86. The second-order valence-corrected chi connectivity index (χ2v) is 7.66. The van der Waals surface area contributed by atoms with E-state index in [4.69, 9.17) is 23.2 Å². The van der Waals surface area contributed by atoms with Crippen LogP contribution in [0, 0.1) is 0 Å². The van der Waals surface area contributed by atoms with Crippen molar-refractivity contribution in [1.82, 2.24) is 18.9 Å². The van der Waals surface area contributed by atoms with Gasteiger partial charge in [0.25, 0.3) is 5.56 Å². The van der Waals surface area contributed by atoms with E-state index in [0.717, 1.165) is 23.1 Å². The molecule has 1 heterocycles. The molecule has 0 radical (unpaired) electrons. The highest BCUT2D eigenvalue weighted by molar-refractivity contribution is 6.42. The third-order valence-electron chi connectivity index (χ3n) is 4.31. The standard InChI is InChI=1S/C19H24Cl2N4O3/c1-22(2)8-4-9-24(12-14-5-6-15(20)16(21)11-14)18(27)13-25-10-7-17(26)23(3)19(25)28/h5-7,10-11H,4,8-9,12-13H2,1-3H3. The molecule has 0 aliphatic carbocycles. The lowest BCUT2D eigenvalue weighted by molar-refractivity contribution is -0.132. The van der Waals surface area contributed by atoms with E-state index in [0.29, 0.717) is 23.1 Å². The minimum absolute atomic E-state index is 0.143. The number of carbonyl (C=O) groups is 1. The van der Waals surface area contributed by atoms with Crippen molar-refractivity contribution in [2.75, 3.05) is 27.2 Å². The van der Waals surface area contributed by atoms with Gasteiger partial charge in [-0.25, -0.2) is 4.79 Å². The van der Waals surface area contributed by atoms with E-state index in [1.165, 1.54) is 23.9 Å². The van der Waals surface area contributed by atoms with Crippen LogP contribution in [-0.2, 0) is 24.9 Å². The SMILES string of the molecule is CN(C)CCCN(Cc1ccc(Cl)c(Cl)c1)C(=O)Cn1ccc(=O)n(C)c1=O. The Morgan fingerprint density at radius 3 is 2.43 bits per heavy atom. The van der Waals surface area contributed by atoms with Crippen molar-refractivity contribution in [2.45, 2.75) is 19.5 Å². The van der Waals surface area contributed by atoms with Gasteiger partial charge in [-0.05, 0) is 44.8 Å². The van der Waals surface area contributed by atoms with Gasteiger partial charge in [0, 0.05) is 32.4 Å². The van der Waals surface area contributed by atoms with Crippen LogP contribution >= 0.6 is 23.2 Å². The summed E-state index contributed by atoms with van der Waals surface area (Å²) < 4.78 is 2.21. The second-order valence-electron chi connectivity index (χ2n) is 6.84. The lowest BCUT2D eigenvalue weighted by atomic mass is 10.2. The molecule has 0 spiro atoms. The second kappa shape index (κ2) is 9.91. The lowest BCUT2D eigenvalue weighted by Crippen LogP contribution is -2.42. The number of rotatable bonds is 8. The van der Waals surface area contributed by atoms with Crippen LogP contribution in [0.25, 0.3) is 0 Å². The normalized spacial score (nSPS) is 11.1. The first-order valence-corrected chi connectivity index (χ1v) is 9.57. The Bertz CT molecular complexity index is 953. The molecule has 0 bridgehead atoms. The Labute approximate surface area is 173 Å². The first-order chi connectivity index (χ1) is 13.2. The maximum atomic E-state index is 12.9. The number of halogens is 2. The molecule has 7 nitrogen and oxygen atoms in total. The van der Waals surface area contributed by atoms with Crippen molar-refractivity contribution in [3.8, 4) is 0 Å². The first-order valence-electron chi connectivity index (χ1n) is 8.82. The minimum atomic E-state index is -0.524. The van der Waals surface area contributed by atoms with Gasteiger partial charge in [0.1, 0.15) is 6.54 Å². The van der Waals surface area contributed by atoms with Crippen molar-refractivity contribution in [3.63, 3.8) is 0 Å². The third kappa shape index (κ3) is 5.95. The van der Waals surface area contributed by atoms with Crippen LogP contribution in [0.15, 0.2) is 40.1 Å². The van der Waals surface area contributed by atoms with Crippen molar-refractivity contribution in [1.29, 1.82) is 0 Å². The van der Waals surface area contributed by atoms with E-state index in [1.54, 1.807) is 17.0 Å². The Balaban J connectivity index is 2.20. The molecule has 9 heteroatoms. The molecule has 1 amide bonds. The zero-order valence-corrected chi connectivity index (χ0v) is 17.7. The van der Waals surface area contributed by atoms with Gasteiger partial charge in [-0.15, -0.1) is 0 Å². The smallest absolute Gasteiger partial charge is 0.331 e. The van der Waals surface area contributed by atoms with Crippen LogP contribution in [0.5, 0.6) is 0 Å². The van der Waals surface area contributed by atoms with Gasteiger partial charge in [0.05, 0.1) is 10.0 Å². The molecule has 1 aromatic carbocycles. The number of hydrogen-bond donors (Lipinski definition) is 0. The van der Waals surface area contributed by atoms with E-state index >= 15 is 0 Å². The summed E-state index contributed by atoms with van der Waals surface area (Å²) in [6.45, 7) is 1.56. The zero-order chi connectivity index (χ0) is 20.8. The highest BCUT2D eigenvalue weighted by Gasteiger charge is 2.16. The molecular weight excluding hydrogens is 403 g/mol. The highest BCUT2D eigenvalue weighted by Crippen LogP contribution is 2.23. The molecule has 0 N–H and O–H groups in total. The van der Waals surface area contributed by atoms with Crippen LogP contribution in [-0.4, -0.2) is 52.0 Å².